The maximum absolute atomic E-state index is 13.9. The van der Waals surface area contributed by atoms with E-state index in [-0.39, 0.29) is 11.1 Å². The minimum Gasteiger partial charge on any atom is -0.872 e. The third-order valence-electron chi connectivity index (χ3n) is 7.69. The molecule has 0 bridgehead atoms. The van der Waals surface area contributed by atoms with Crippen LogP contribution in [0.2, 0.25) is 0 Å². The predicted octanol–water partition coefficient (Wildman–Crippen LogP) is 2.58. The van der Waals surface area contributed by atoms with Crippen LogP contribution in [0, 0.1) is 0 Å². The molecule has 8 heteroatoms. The molecule has 0 spiro atoms. The number of nitrogens with zero attached hydrogens (tertiary/aromatic N) is 1. The summed E-state index contributed by atoms with van der Waals surface area (Å²) in [6.07, 6.45) is 0.711. The number of nitrogens with one attached hydrogen (secondary N) is 1. The normalized spacial score (nSPS) is 17.7. The second kappa shape index (κ2) is 12.9. The predicted molar refractivity (Wildman–Crippen MR) is 153 cm³/mol. The zero-order valence-electron chi connectivity index (χ0n) is 23.6. The van der Waals surface area contributed by atoms with Crippen LogP contribution in [0.5, 0.6) is 17.2 Å². The van der Waals surface area contributed by atoms with Gasteiger partial charge in [-0.3, -0.25) is 9.59 Å². The van der Waals surface area contributed by atoms with Gasteiger partial charge in [-0.15, -0.1) is 0 Å². The minimum absolute atomic E-state index is 0.0536. The van der Waals surface area contributed by atoms with E-state index < -0.39 is 23.5 Å². The molecule has 1 N–H and O–H groups in total. The molecule has 214 valence electrons. The lowest BCUT2D eigenvalue weighted by Crippen LogP contribution is -3.11. The summed E-state index contributed by atoms with van der Waals surface area (Å²) >= 11 is 0. The zero-order chi connectivity index (χ0) is 28.8. The Bertz CT molecular complexity index is 1420. The second-order valence-electron chi connectivity index (χ2n) is 10.2. The van der Waals surface area contributed by atoms with Crippen LogP contribution in [0.4, 0.5) is 0 Å². The van der Waals surface area contributed by atoms with Crippen molar-refractivity contribution in [1.29, 1.82) is 0 Å². The number of ketones is 1. The highest BCUT2D eigenvalue weighted by molar-refractivity contribution is 6.46. The van der Waals surface area contributed by atoms with Crippen LogP contribution < -0.4 is 24.2 Å². The third-order valence-corrected chi connectivity index (χ3v) is 7.69. The number of fused-ring (bicyclic) bond motifs is 1. The summed E-state index contributed by atoms with van der Waals surface area (Å²) in [6, 6.07) is 21.2. The smallest absolute Gasteiger partial charge is 0.295 e. The van der Waals surface area contributed by atoms with E-state index in [1.807, 2.05) is 54.6 Å². The van der Waals surface area contributed by atoms with Gasteiger partial charge in [-0.05, 0) is 54.8 Å². The quantitative estimate of drug-likeness (QED) is 0.222. The number of hydrogen-bond donors (Lipinski definition) is 1. The molecule has 0 saturated carbocycles. The Morgan fingerprint density at radius 3 is 2.46 bits per heavy atom. The Labute approximate surface area is 240 Å². The minimum atomic E-state index is -0.817. The first-order chi connectivity index (χ1) is 20.0. The molecule has 1 atom stereocenters. The molecule has 0 aliphatic carbocycles. The number of rotatable bonds is 11. The molecule has 0 radical (unpaired) electrons. The highest BCUT2D eigenvalue weighted by Gasteiger charge is 2.44. The highest BCUT2D eigenvalue weighted by atomic mass is 16.6. The summed E-state index contributed by atoms with van der Waals surface area (Å²) in [5.74, 6) is -0.310. The van der Waals surface area contributed by atoms with Crippen molar-refractivity contribution in [2.24, 2.45) is 0 Å². The van der Waals surface area contributed by atoms with Crippen molar-refractivity contribution in [3.05, 3.63) is 95.1 Å². The van der Waals surface area contributed by atoms with Crippen LogP contribution in [0.1, 0.15) is 43.0 Å². The number of hydrogen-bond acceptors (Lipinski definition) is 6. The fourth-order valence-corrected chi connectivity index (χ4v) is 5.41. The summed E-state index contributed by atoms with van der Waals surface area (Å²) in [5, 5.41) is 13.9. The van der Waals surface area contributed by atoms with E-state index in [2.05, 4.69) is 13.8 Å². The third kappa shape index (κ3) is 6.23. The molecule has 5 rings (SSSR count). The van der Waals surface area contributed by atoms with Crippen LogP contribution in [0.25, 0.3) is 5.76 Å². The maximum Gasteiger partial charge on any atom is 0.295 e. The van der Waals surface area contributed by atoms with E-state index in [1.165, 1.54) is 4.90 Å². The van der Waals surface area contributed by atoms with Crippen molar-refractivity contribution in [2.45, 2.75) is 32.9 Å². The van der Waals surface area contributed by atoms with Gasteiger partial charge in [-0.1, -0.05) is 54.3 Å². The first-order valence-electron chi connectivity index (χ1n) is 14.3. The van der Waals surface area contributed by atoms with Gasteiger partial charge in [0.2, 0.25) is 5.78 Å². The number of Topliss-reactive ketones (excluding diaryl/α,β-unsaturated/α-hetero) is 1. The summed E-state index contributed by atoms with van der Waals surface area (Å²) in [6.45, 7) is 8.63. The van der Waals surface area contributed by atoms with Crippen LogP contribution in [-0.4, -0.2) is 56.0 Å². The Hall–Kier alpha value is -4.30. The van der Waals surface area contributed by atoms with Gasteiger partial charge >= 0.3 is 0 Å². The Balaban J connectivity index is 1.50. The van der Waals surface area contributed by atoms with Gasteiger partial charge in [0, 0.05) is 18.5 Å². The number of quaternary nitrogens is 1. The molecule has 41 heavy (non-hydrogen) atoms. The fourth-order valence-electron chi connectivity index (χ4n) is 5.41. The molecule has 1 amide bonds. The lowest BCUT2D eigenvalue weighted by atomic mass is 9.95. The number of ether oxygens (including phenoxy) is 3. The molecule has 2 aliphatic rings. The lowest BCUT2D eigenvalue weighted by molar-refractivity contribution is -0.896. The largest absolute Gasteiger partial charge is 0.872 e. The van der Waals surface area contributed by atoms with Gasteiger partial charge in [0.25, 0.3) is 5.91 Å². The molecule has 8 nitrogen and oxygen atoms in total. The maximum atomic E-state index is 13.9. The molecular formula is C33H36N2O6. The van der Waals surface area contributed by atoms with Gasteiger partial charge < -0.3 is 29.1 Å². The zero-order valence-corrected chi connectivity index (χ0v) is 23.6. The van der Waals surface area contributed by atoms with Gasteiger partial charge in [0.15, 0.2) is 11.5 Å². The molecule has 2 heterocycles. The monoisotopic (exact) mass is 556 g/mol. The summed E-state index contributed by atoms with van der Waals surface area (Å²) < 4.78 is 17.3. The number of likely N-dealkylation sites (tertiary alicyclic amines) is 1. The van der Waals surface area contributed by atoms with E-state index in [0.717, 1.165) is 25.2 Å². The van der Waals surface area contributed by atoms with Crippen molar-refractivity contribution in [2.75, 3.05) is 39.4 Å². The number of benzene rings is 3. The molecule has 3 aromatic rings. The first-order valence-corrected chi connectivity index (χ1v) is 14.3. The second-order valence-corrected chi connectivity index (χ2v) is 10.2. The van der Waals surface area contributed by atoms with Gasteiger partial charge in [-0.25, -0.2) is 0 Å². The standard InChI is InChI=1S/C33H36N2O6/c1-3-34(4-2)16-9-17-35-30(24-12-8-13-26(20-24)41-22-23-10-6-5-7-11-23)29(32(37)33(35)38)31(36)25-14-15-27-28(21-25)40-19-18-39-27/h5-8,10-15,20-21,30,36H,3-4,9,16-19,22H2,1-2H3/b31-29+. The van der Waals surface area contributed by atoms with E-state index in [4.69, 9.17) is 14.2 Å². The van der Waals surface area contributed by atoms with Crippen LogP contribution in [0.3, 0.4) is 0 Å². The average Bonchev–Trinajstić information content (AvgIpc) is 3.27. The van der Waals surface area contributed by atoms with Gasteiger partial charge in [0.05, 0.1) is 25.7 Å². The highest BCUT2D eigenvalue weighted by Crippen LogP contribution is 2.41. The van der Waals surface area contributed by atoms with Crippen molar-refractivity contribution >= 4 is 17.4 Å². The van der Waals surface area contributed by atoms with Crippen molar-refractivity contribution < 1.29 is 33.8 Å². The lowest BCUT2D eigenvalue weighted by Gasteiger charge is -2.28. The summed E-state index contributed by atoms with van der Waals surface area (Å²) in [5.41, 5.74) is 1.90. The molecular weight excluding hydrogens is 520 g/mol. The van der Waals surface area contributed by atoms with Gasteiger partial charge in [0.1, 0.15) is 25.6 Å². The molecule has 1 fully saturated rings. The summed E-state index contributed by atoms with van der Waals surface area (Å²) in [4.78, 5) is 29.8. The average molecular weight is 557 g/mol. The SMILES string of the molecule is CC[NH+](CC)CCCN1C(=O)C(=O)/C(=C(/[O-])c2ccc3c(c2)OCCO3)C1c1cccc(OCc2ccccc2)c1. The fraction of sp³-hybridized carbons (Fsp3) is 0.333. The molecule has 1 unspecified atom stereocenters. The van der Waals surface area contributed by atoms with E-state index >= 15 is 0 Å². The molecule has 3 aromatic carbocycles. The number of amides is 1. The Morgan fingerprint density at radius 2 is 1.71 bits per heavy atom. The van der Waals surface area contributed by atoms with Crippen LogP contribution in [0.15, 0.2) is 78.4 Å². The van der Waals surface area contributed by atoms with E-state index in [0.29, 0.717) is 55.6 Å². The van der Waals surface area contributed by atoms with Crippen molar-refractivity contribution in [3.8, 4) is 17.2 Å². The number of carbonyl (C=O) groups is 2. The first kappa shape index (κ1) is 28.2. The van der Waals surface area contributed by atoms with E-state index in [9.17, 15) is 14.7 Å². The number of carbonyl (C=O) groups excluding carboxylic acids is 2. The van der Waals surface area contributed by atoms with Crippen LogP contribution >= 0.6 is 0 Å². The van der Waals surface area contributed by atoms with Crippen molar-refractivity contribution in [1.82, 2.24) is 4.90 Å². The topological polar surface area (TPSA) is 92.6 Å². The summed E-state index contributed by atoms with van der Waals surface area (Å²) in [7, 11) is 0. The Morgan fingerprint density at radius 1 is 0.951 bits per heavy atom. The van der Waals surface area contributed by atoms with Crippen molar-refractivity contribution in [3.63, 3.8) is 0 Å². The molecule has 0 aromatic heterocycles. The van der Waals surface area contributed by atoms with Gasteiger partial charge in [-0.2, -0.15) is 0 Å². The van der Waals surface area contributed by atoms with Crippen LogP contribution in [-0.2, 0) is 16.2 Å². The van der Waals surface area contributed by atoms with E-state index in [1.54, 1.807) is 23.1 Å². The Kier molecular flexibility index (Phi) is 8.89. The molecule has 2 aliphatic heterocycles. The molecule has 1 saturated heterocycles.